The van der Waals surface area contributed by atoms with E-state index in [1.165, 1.54) is 0 Å². The minimum Gasteiger partial charge on any atom is -0.300 e. The second-order valence-corrected chi connectivity index (χ2v) is 4.59. The summed E-state index contributed by atoms with van der Waals surface area (Å²) >= 11 is 0. The SMILES string of the molecule is CC1CCN(C)CC(C)([N+](=O)[O-])C1. The molecule has 1 aliphatic rings. The summed E-state index contributed by atoms with van der Waals surface area (Å²) in [6, 6.07) is 0. The quantitative estimate of drug-likeness (QED) is 0.459. The van der Waals surface area contributed by atoms with E-state index in [-0.39, 0.29) is 4.92 Å². The van der Waals surface area contributed by atoms with Crippen LogP contribution in [0.25, 0.3) is 0 Å². The molecule has 0 aromatic heterocycles. The molecule has 1 heterocycles. The molecule has 13 heavy (non-hydrogen) atoms. The monoisotopic (exact) mass is 186 g/mol. The zero-order valence-electron chi connectivity index (χ0n) is 8.62. The van der Waals surface area contributed by atoms with Crippen molar-refractivity contribution in [2.75, 3.05) is 20.1 Å². The molecule has 0 radical (unpaired) electrons. The molecule has 0 aliphatic carbocycles. The lowest BCUT2D eigenvalue weighted by atomic mass is 9.90. The molecule has 1 aliphatic heterocycles. The van der Waals surface area contributed by atoms with Crippen molar-refractivity contribution < 1.29 is 4.92 Å². The Balaban J connectivity index is 2.76. The predicted molar refractivity (Wildman–Crippen MR) is 51.3 cm³/mol. The van der Waals surface area contributed by atoms with E-state index >= 15 is 0 Å². The third kappa shape index (κ3) is 2.40. The number of likely N-dealkylation sites (N-methyl/N-ethyl adjacent to an activating group) is 1. The maximum Gasteiger partial charge on any atom is 0.232 e. The Hall–Kier alpha value is -0.640. The summed E-state index contributed by atoms with van der Waals surface area (Å²) in [5.41, 5.74) is -0.745. The van der Waals surface area contributed by atoms with E-state index in [4.69, 9.17) is 0 Å². The molecule has 0 amide bonds. The molecule has 1 fully saturated rings. The van der Waals surface area contributed by atoms with Gasteiger partial charge in [-0.2, -0.15) is 0 Å². The average molecular weight is 186 g/mol. The molecule has 0 spiro atoms. The molecule has 2 atom stereocenters. The van der Waals surface area contributed by atoms with Gasteiger partial charge in [0.15, 0.2) is 0 Å². The minimum atomic E-state index is -0.745. The lowest BCUT2D eigenvalue weighted by Gasteiger charge is -2.23. The molecule has 4 heteroatoms. The van der Waals surface area contributed by atoms with Crippen molar-refractivity contribution >= 4 is 0 Å². The highest BCUT2D eigenvalue weighted by Gasteiger charge is 2.41. The topological polar surface area (TPSA) is 46.4 Å². The van der Waals surface area contributed by atoms with E-state index in [1.54, 1.807) is 6.92 Å². The van der Waals surface area contributed by atoms with Gasteiger partial charge in [0.1, 0.15) is 0 Å². The van der Waals surface area contributed by atoms with Crippen molar-refractivity contribution in [2.45, 2.75) is 32.2 Å². The van der Waals surface area contributed by atoms with Crippen LogP contribution in [0.1, 0.15) is 26.7 Å². The van der Waals surface area contributed by atoms with Crippen LogP contribution in [0.15, 0.2) is 0 Å². The van der Waals surface area contributed by atoms with Gasteiger partial charge in [-0.25, -0.2) is 0 Å². The highest BCUT2D eigenvalue weighted by Crippen LogP contribution is 2.26. The second-order valence-electron chi connectivity index (χ2n) is 4.59. The van der Waals surface area contributed by atoms with Crippen LogP contribution >= 0.6 is 0 Å². The van der Waals surface area contributed by atoms with Crippen LogP contribution in [-0.4, -0.2) is 35.5 Å². The first kappa shape index (κ1) is 10.4. The molecule has 76 valence electrons. The van der Waals surface area contributed by atoms with Gasteiger partial charge in [-0.05, 0) is 25.9 Å². The Morgan fingerprint density at radius 2 is 2.23 bits per heavy atom. The van der Waals surface area contributed by atoms with Crippen LogP contribution in [0.2, 0.25) is 0 Å². The van der Waals surface area contributed by atoms with Crippen LogP contribution in [0.5, 0.6) is 0 Å². The highest BCUT2D eigenvalue weighted by atomic mass is 16.6. The molecule has 2 unspecified atom stereocenters. The lowest BCUT2D eigenvalue weighted by Crippen LogP contribution is -2.44. The van der Waals surface area contributed by atoms with Crippen molar-refractivity contribution in [1.29, 1.82) is 0 Å². The summed E-state index contributed by atoms with van der Waals surface area (Å²) in [4.78, 5) is 12.8. The van der Waals surface area contributed by atoms with Gasteiger partial charge in [0.25, 0.3) is 0 Å². The molecule has 0 N–H and O–H groups in total. The molecule has 1 rings (SSSR count). The first-order valence-corrected chi connectivity index (χ1v) is 4.77. The number of hydrogen-bond acceptors (Lipinski definition) is 3. The van der Waals surface area contributed by atoms with Crippen LogP contribution < -0.4 is 0 Å². The number of likely N-dealkylation sites (tertiary alicyclic amines) is 1. The summed E-state index contributed by atoms with van der Waals surface area (Å²) < 4.78 is 0. The fourth-order valence-electron chi connectivity index (χ4n) is 2.15. The van der Waals surface area contributed by atoms with Gasteiger partial charge in [-0.1, -0.05) is 6.92 Å². The maximum atomic E-state index is 10.9. The van der Waals surface area contributed by atoms with Gasteiger partial charge in [0, 0.05) is 18.3 Å². The van der Waals surface area contributed by atoms with Gasteiger partial charge < -0.3 is 0 Å². The summed E-state index contributed by atoms with van der Waals surface area (Å²) in [7, 11) is 1.96. The van der Waals surface area contributed by atoms with Gasteiger partial charge in [-0.15, -0.1) is 0 Å². The zero-order valence-corrected chi connectivity index (χ0v) is 8.62. The maximum absolute atomic E-state index is 10.9. The van der Waals surface area contributed by atoms with Crippen LogP contribution in [-0.2, 0) is 0 Å². The summed E-state index contributed by atoms with van der Waals surface area (Å²) in [6.07, 6.45) is 1.77. The van der Waals surface area contributed by atoms with E-state index in [9.17, 15) is 10.1 Å². The Morgan fingerprint density at radius 3 is 2.77 bits per heavy atom. The largest absolute Gasteiger partial charge is 0.300 e. The van der Waals surface area contributed by atoms with E-state index < -0.39 is 5.54 Å². The fourth-order valence-corrected chi connectivity index (χ4v) is 2.15. The number of hydrogen-bond donors (Lipinski definition) is 0. The lowest BCUT2D eigenvalue weighted by molar-refractivity contribution is -0.567. The molecular weight excluding hydrogens is 168 g/mol. The average Bonchev–Trinajstić information content (AvgIpc) is 2.11. The molecule has 4 nitrogen and oxygen atoms in total. The highest BCUT2D eigenvalue weighted by molar-refractivity contribution is 4.83. The number of nitrogens with zero attached hydrogens (tertiary/aromatic N) is 2. The smallest absolute Gasteiger partial charge is 0.232 e. The third-order valence-electron chi connectivity index (χ3n) is 2.84. The van der Waals surface area contributed by atoms with Crippen LogP contribution in [0, 0.1) is 16.0 Å². The van der Waals surface area contributed by atoms with Crippen LogP contribution in [0.4, 0.5) is 0 Å². The predicted octanol–water partition coefficient (Wildman–Crippen LogP) is 1.38. The van der Waals surface area contributed by atoms with Crippen molar-refractivity contribution in [2.24, 2.45) is 5.92 Å². The van der Waals surface area contributed by atoms with E-state index in [0.29, 0.717) is 18.9 Å². The summed E-state index contributed by atoms with van der Waals surface area (Å²) in [6.45, 7) is 5.40. The first-order valence-electron chi connectivity index (χ1n) is 4.77. The van der Waals surface area contributed by atoms with Crippen LogP contribution in [0.3, 0.4) is 0 Å². The fraction of sp³-hybridized carbons (Fsp3) is 1.00. The van der Waals surface area contributed by atoms with E-state index in [2.05, 4.69) is 11.8 Å². The zero-order chi connectivity index (χ0) is 10.1. The normalized spacial score (nSPS) is 37.0. The van der Waals surface area contributed by atoms with E-state index in [1.807, 2.05) is 7.05 Å². The van der Waals surface area contributed by atoms with E-state index in [0.717, 1.165) is 13.0 Å². The Morgan fingerprint density at radius 1 is 1.62 bits per heavy atom. The van der Waals surface area contributed by atoms with Crippen molar-refractivity contribution in [3.05, 3.63) is 10.1 Å². The number of rotatable bonds is 1. The van der Waals surface area contributed by atoms with Gasteiger partial charge in [0.05, 0.1) is 6.54 Å². The first-order chi connectivity index (χ1) is 5.94. The molecule has 1 saturated heterocycles. The van der Waals surface area contributed by atoms with Crippen molar-refractivity contribution in [3.8, 4) is 0 Å². The third-order valence-corrected chi connectivity index (χ3v) is 2.84. The summed E-state index contributed by atoms with van der Waals surface area (Å²) in [5.74, 6) is 0.459. The molecular formula is C9H18N2O2. The molecule has 0 aromatic rings. The van der Waals surface area contributed by atoms with Gasteiger partial charge >= 0.3 is 0 Å². The molecule has 0 bridgehead atoms. The molecule has 0 saturated carbocycles. The standard InChI is InChI=1S/C9H18N2O2/c1-8-4-5-10(3)7-9(2,6-8)11(12)13/h8H,4-7H2,1-3H3. The van der Waals surface area contributed by atoms with Crippen molar-refractivity contribution in [1.82, 2.24) is 4.90 Å². The molecule has 0 aromatic carbocycles. The summed E-state index contributed by atoms with van der Waals surface area (Å²) in [5, 5.41) is 10.9. The minimum absolute atomic E-state index is 0.120. The Bertz CT molecular complexity index is 194. The Labute approximate surface area is 79.1 Å². The Kier molecular flexibility index (Phi) is 2.91. The van der Waals surface area contributed by atoms with Crippen molar-refractivity contribution in [3.63, 3.8) is 0 Å². The van der Waals surface area contributed by atoms with Gasteiger partial charge in [0.2, 0.25) is 5.54 Å². The second kappa shape index (κ2) is 3.62. The van der Waals surface area contributed by atoms with Gasteiger partial charge in [-0.3, -0.25) is 15.0 Å². The number of nitro groups is 1.